The van der Waals surface area contributed by atoms with E-state index < -0.39 is 0 Å². The van der Waals surface area contributed by atoms with Gasteiger partial charge >= 0.3 is 5.97 Å². The van der Waals surface area contributed by atoms with Crippen LogP contribution < -0.4 is 0 Å². The monoisotopic (exact) mass is 170 g/mol. The van der Waals surface area contributed by atoms with E-state index in [1.165, 1.54) is 0 Å². The van der Waals surface area contributed by atoms with Gasteiger partial charge < -0.3 is 9.47 Å². The Kier molecular flexibility index (Phi) is 3.29. The predicted molar refractivity (Wildman–Crippen MR) is 44.7 cm³/mol. The molecule has 0 aromatic carbocycles. The van der Waals surface area contributed by atoms with Crippen LogP contribution in [0.15, 0.2) is 11.6 Å². The van der Waals surface area contributed by atoms with Gasteiger partial charge in [-0.2, -0.15) is 0 Å². The fourth-order valence-electron chi connectivity index (χ4n) is 0.836. The summed E-state index contributed by atoms with van der Waals surface area (Å²) in [6.07, 6.45) is 2.88. The van der Waals surface area contributed by atoms with Crippen molar-refractivity contribution >= 4 is 5.97 Å². The second-order valence-electron chi connectivity index (χ2n) is 2.85. The summed E-state index contributed by atoms with van der Waals surface area (Å²) in [5, 5.41) is 0. The Hall–Kier alpha value is -0.830. The van der Waals surface area contributed by atoms with Gasteiger partial charge in [0.1, 0.15) is 12.7 Å². The molecule has 1 aliphatic heterocycles. The number of rotatable bonds is 4. The Morgan fingerprint density at radius 1 is 1.75 bits per heavy atom. The zero-order valence-electron chi connectivity index (χ0n) is 7.50. The van der Waals surface area contributed by atoms with Gasteiger partial charge in [-0.3, -0.25) is 0 Å². The minimum absolute atomic E-state index is 0.156. The number of carbonyl (C=O) groups excluding carboxylic acids is 1. The first-order valence-electron chi connectivity index (χ1n) is 4.19. The molecule has 1 saturated heterocycles. The number of hydrogen-bond acceptors (Lipinski definition) is 3. The van der Waals surface area contributed by atoms with Crippen LogP contribution in [0.5, 0.6) is 0 Å². The smallest absolute Gasteiger partial charge is 0.333 e. The number of carbonyl (C=O) groups is 1. The summed E-state index contributed by atoms with van der Waals surface area (Å²) in [6.45, 7) is 4.87. The second-order valence-corrected chi connectivity index (χ2v) is 2.85. The third-order valence-electron chi connectivity index (χ3n) is 1.63. The average molecular weight is 170 g/mol. The maximum atomic E-state index is 11.1. The number of hydrogen-bond donors (Lipinski definition) is 0. The molecule has 0 aromatic rings. The molecular weight excluding hydrogens is 156 g/mol. The van der Waals surface area contributed by atoms with Gasteiger partial charge in [-0.25, -0.2) is 4.79 Å². The molecule has 0 spiro atoms. The van der Waals surface area contributed by atoms with E-state index in [1.54, 1.807) is 6.92 Å². The Morgan fingerprint density at radius 2 is 2.42 bits per heavy atom. The van der Waals surface area contributed by atoms with E-state index in [-0.39, 0.29) is 12.1 Å². The Balaban J connectivity index is 2.21. The molecule has 1 heterocycles. The molecule has 3 heteroatoms. The second kappa shape index (κ2) is 4.26. The highest BCUT2D eigenvalue weighted by molar-refractivity contribution is 5.87. The van der Waals surface area contributed by atoms with Gasteiger partial charge in [-0.1, -0.05) is 13.0 Å². The van der Waals surface area contributed by atoms with Gasteiger partial charge in [0.25, 0.3) is 0 Å². The molecule has 1 rings (SSSR count). The molecule has 1 aliphatic rings. The molecule has 1 fully saturated rings. The first-order chi connectivity index (χ1) is 5.74. The zero-order valence-corrected chi connectivity index (χ0v) is 7.50. The minimum Gasteiger partial charge on any atom is -0.459 e. The molecule has 3 nitrogen and oxygen atoms in total. The third-order valence-corrected chi connectivity index (χ3v) is 1.63. The fraction of sp³-hybridized carbons (Fsp3) is 0.667. The normalized spacial score (nSPS) is 22.2. The molecule has 0 N–H and O–H groups in total. The molecule has 0 radical (unpaired) electrons. The van der Waals surface area contributed by atoms with E-state index >= 15 is 0 Å². The van der Waals surface area contributed by atoms with Crippen molar-refractivity contribution in [3.8, 4) is 0 Å². The van der Waals surface area contributed by atoms with Gasteiger partial charge in [0.05, 0.1) is 6.61 Å². The van der Waals surface area contributed by atoms with Gasteiger partial charge in [0, 0.05) is 5.57 Å². The summed E-state index contributed by atoms with van der Waals surface area (Å²) in [7, 11) is 0. The number of epoxide rings is 1. The quantitative estimate of drug-likeness (QED) is 0.362. The van der Waals surface area contributed by atoms with Crippen molar-refractivity contribution < 1.29 is 14.3 Å². The topological polar surface area (TPSA) is 38.8 Å². The molecule has 68 valence electrons. The Morgan fingerprint density at radius 3 is 2.92 bits per heavy atom. The Labute approximate surface area is 72.4 Å². The van der Waals surface area contributed by atoms with Crippen molar-refractivity contribution in [1.29, 1.82) is 0 Å². The summed E-state index contributed by atoms with van der Waals surface area (Å²) in [5.41, 5.74) is 0.679. The highest BCUT2D eigenvalue weighted by atomic mass is 16.6. The largest absolute Gasteiger partial charge is 0.459 e. The van der Waals surface area contributed by atoms with Crippen LogP contribution in [0.3, 0.4) is 0 Å². The fourth-order valence-corrected chi connectivity index (χ4v) is 0.836. The molecule has 0 saturated carbocycles. The van der Waals surface area contributed by atoms with Crippen molar-refractivity contribution in [2.24, 2.45) is 0 Å². The van der Waals surface area contributed by atoms with Crippen molar-refractivity contribution in [2.45, 2.75) is 26.4 Å². The summed E-state index contributed by atoms with van der Waals surface area (Å²) >= 11 is 0. The molecular formula is C9H14O3. The first kappa shape index (κ1) is 9.26. The van der Waals surface area contributed by atoms with Gasteiger partial charge in [0.2, 0.25) is 0 Å². The molecule has 0 aliphatic carbocycles. The molecule has 12 heavy (non-hydrogen) atoms. The lowest BCUT2D eigenvalue weighted by Crippen LogP contribution is -2.10. The van der Waals surface area contributed by atoms with Crippen molar-refractivity contribution in [3.63, 3.8) is 0 Å². The van der Waals surface area contributed by atoms with Crippen LogP contribution in [0.1, 0.15) is 20.3 Å². The molecule has 0 bridgehead atoms. The summed E-state index contributed by atoms with van der Waals surface area (Å²) in [6, 6.07) is 0. The average Bonchev–Trinajstić information content (AvgIpc) is 2.83. The first-order valence-corrected chi connectivity index (χ1v) is 4.19. The standard InChI is InChI=1S/C9H14O3/c1-3-4-7(2)9(10)12-6-8-5-11-8/h4,8H,3,5-6H2,1-2H3. The van der Waals surface area contributed by atoms with Gasteiger partial charge in [-0.15, -0.1) is 0 Å². The number of allylic oxidation sites excluding steroid dienone is 1. The van der Waals surface area contributed by atoms with E-state index in [9.17, 15) is 4.79 Å². The van der Waals surface area contributed by atoms with Crippen LogP contribution in [0.2, 0.25) is 0 Å². The van der Waals surface area contributed by atoms with Crippen LogP contribution in [-0.2, 0) is 14.3 Å². The molecule has 0 aromatic heterocycles. The van der Waals surface area contributed by atoms with E-state index in [2.05, 4.69) is 0 Å². The van der Waals surface area contributed by atoms with E-state index in [0.717, 1.165) is 13.0 Å². The lowest BCUT2D eigenvalue weighted by atomic mass is 10.2. The van der Waals surface area contributed by atoms with Crippen LogP contribution >= 0.6 is 0 Å². The molecule has 1 atom stereocenters. The van der Waals surface area contributed by atoms with Crippen molar-refractivity contribution in [1.82, 2.24) is 0 Å². The van der Waals surface area contributed by atoms with Crippen molar-refractivity contribution in [3.05, 3.63) is 11.6 Å². The highest BCUT2D eigenvalue weighted by Crippen LogP contribution is 2.09. The number of esters is 1. The molecule has 1 unspecified atom stereocenters. The van der Waals surface area contributed by atoms with E-state index in [4.69, 9.17) is 9.47 Å². The van der Waals surface area contributed by atoms with Crippen LogP contribution in [0, 0.1) is 0 Å². The lowest BCUT2D eigenvalue weighted by Gasteiger charge is -2.01. The van der Waals surface area contributed by atoms with Gasteiger partial charge in [-0.05, 0) is 13.3 Å². The van der Waals surface area contributed by atoms with Crippen LogP contribution in [0.4, 0.5) is 0 Å². The minimum atomic E-state index is -0.229. The van der Waals surface area contributed by atoms with Gasteiger partial charge in [0.15, 0.2) is 0 Å². The van der Waals surface area contributed by atoms with Crippen molar-refractivity contribution in [2.75, 3.05) is 13.2 Å². The third kappa shape index (κ3) is 3.05. The molecule has 0 amide bonds. The predicted octanol–water partition coefficient (Wildman–Crippen LogP) is 1.28. The maximum Gasteiger partial charge on any atom is 0.333 e. The Bertz CT molecular complexity index is 192. The highest BCUT2D eigenvalue weighted by Gasteiger charge is 2.24. The van der Waals surface area contributed by atoms with Crippen LogP contribution in [-0.4, -0.2) is 25.3 Å². The summed E-state index contributed by atoms with van der Waals surface area (Å²) < 4.78 is 9.85. The number of ether oxygens (including phenoxy) is 2. The lowest BCUT2D eigenvalue weighted by molar-refractivity contribution is -0.139. The van der Waals surface area contributed by atoms with E-state index in [1.807, 2.05) is 13.0 Å². The zero-order chi connectivity index (χ0) is 8.97. The maximum absolute atomic E-state index is 11.1. The summed E-state index contributed by atoms with van der Waals surface area (Å²) in [5.74, 6) is -0.229. The summed E-state index contributed by atoms with van der Waals surface area (Å²) in [4.78, 5) is 11.1. The van der Waals surface area contributed by atoms with E-state index in [0.29, 0.717) is 12.2 Å². The SMILES string of the molecule is CCC=C(C)C(=O)OCC1CO1. The van der Waals surface area contributed by atoms with Crippen LogP contribution in [0.25, 0.3) is 0 Å².